The maximum Gasteiger partial charge on any atom is 0.0548 e. The molecule has 0 aromatic heterocycles. The average Bonchev–Trinajstić information content (AvgIpc) is 2.92. The fourth-order valence-electron chi connectivity index (χ4n) is 3.35. The van der Waals surface area contributed by atoms with E-state index in [1.54, 1.807) is 0 Å². The van der Waals surface area contributed by atoms with E-state index in [1.807, 2.05) is 6.07 Å². The van der Waals surface area contributed by atoms with Gasteiger partial charge in [-0.1, -0.05) is 37.6 Å². The van der Waals surface area contributed by atoms with E-state index in [9.17, 15) is 0 Å². The largest absolute Gasteiger partial charge is 0.399 e. The molecule has 0 heterocycles. The smallest absolute Gasteiger partial charge is 0.0548 e. The van der Waals surface area contributed by atoms with Crippen LogP contribution in [-0.4, -0.2) is 6.54 Å². The number of para-hydroxylation sites is 1. The van der Waals surface area contributed by atoms with Gasteiger partial charge in [0.15, 0.2) is 0 Å². The summed E-state index contributed by atoms with van der Waals surface area (Å²) in [4.78, 5) is 2.57. The van der Waals surface area contributed by atoms with E-state index >= 15 is 0 Å². The molecule has 1 unspecified atom stereocenters. The van der Waals surface area contributed by atoms with Crippen molar-refractivity contribution >= 4 is 11.4 Å². The monoisotopic (exact) mass is 280 g/mol. The van der Waals surface area contributed by atoms with Crippen LogP contribution < -0.4 is 10.6 Å². The van der Waals surface area contributed by atoms with Crippen LogP contribution in [0.25, 0.3) is 0 Å². The fraction of sp³-hybridized carbons (Fsp3) is 0.368. The lowest BCUT2D eigenvalue weighted by molar-refractivity contribution is 0.593. The Morgan fingerprint density at radius 3 is 2.71 bits per heavy atom. The van der Waals surface area contributed by atoms with Crippen molar-refractivity contribution in [1.29, 1.82) is 0 Å². The van der Waals surface area contributed by atoms with Crippen LogP contribution in [0.2, 0.25) is 0 Å². The highest BCUT2D eigenvalue weighted by atomic mass is 15.2. The lowest BCUT2D eigenvalue weighted by atomic mass is 10.0. The number of hydrogen-bond acceptors (Lipinski definition) is 2. The minimum atomic E-state index is 0.495. The van der Waals surface area contributed by atoms with Gasteiger partial charge in [0.2, 0.25) is 0 Å². The van der Waals surface area contributed by atoms with Crippen molar-refractivity contribution in [3.8, 4) is 0 Å². The lowest BCUT2D eigenvalue weighted by Gasteiger charge is -2.32. The number of benzene rings is 2. The van der Waals surface area contributed by atoms with Crippen LogP contribution in [0.4, 0.5) is 11.4 Å². The molecule has 2 aromatic rings. The molecule has 1 aliphatic carbocycles. The van der Waals surface area contributed by atoms with Crippen LogP contribution in [0.3, 0.4) is 0 Å². The highest BCUT2D eigenvalue weighted by molar-refractivity contribution is 5.54. The summed E-state index contributed by atoms with van der Waals surface area (Å²) in [6.45, 7) is 3.38. The third kappa shape index (κ3) is 2.90. The van der Waals surface area contributed by atoms with Crippen molar-refractivity contribution in [2.45, 2.75) is 38.6 Å². The van der Waals surface area contributed by atoms with Gasteiger partial charge in [-0.25, -0.2) is 0 Å². The Hall–Kier alpha value is -1.96. The zero-order chi connectivity index (χ0) is 14.7. The van der Waals surface area contributed by atoms with E-state index in [0.717, 1.165) is 18.7 Å². The summed E-state index contributed by atoms with van der Waals surface area (Å²) in [5.74, 6) is 0. The van der Waals surface area contributed by atoms with Gasteiger partial charge in [-0.2, -0.15) is 0 Å². The van der Waals surface area contributed by atoms with Crippen molar-refractivity contribution < 1.29 is 0 Å². The molecular weight excluding hydrogens is 256 g/mol. The summed E-state index contributed by atoms with van der Waals surface area (Å²) >= 11 is 0. The summed E-state index contributed by atoms with van der Waals surface area (Å²) in [5, 5.41) is 0. The molecule has 2 N–H and O–H groups in total. The SMILES string of the molecule is CCCCN(c1ccccc1)C1CCc2cc(N)ccc21. The second-order valence-corrected chi connectivity index (χ2v) is 5.90. The molecule has 0 saturated carbocycles. The Morgan fingerprint density at radius 2 is 1.95 bits per heavy atom. The molecule has 1 aliphatic rings. The van der Waals surface area contributed by atoms with Crippen LogP contribution in [0.15, 0.2) is 48.5 Å². The summed E-state index contributed by atoms with van der Waals surface area (Å²) < 4.78 is 0. The third-order valence-electron chi connectivity index (χ3n) is 4.43. The van der Waals surface area contributed by atoms with Crippen molar-refractivity contribution in [2.75, 3.05) is 17.2 Å². The quantitative estimate of drug-likeness (QED) is 0.813. The Morgan fingerprint density at radius 1 is 1.14 bits per heavy atom. The molecule has 0 bridgehead atoms. The third-order valence-corrected chi connectivity index (χ3v) is 4.43. The Bertz CT molecular complexity index is 592. The molecule has 110 valence electrons. The van der Waals surface area contributed by atoms with Gasteiger partial charge in [0, 0.05) is 17.9 Å². The number of nitrogens with two attached hydrogens (primary N) is 1. The van der Waals surface area contributed by atoms with E-state index in [4.69, 9.17) is 5.73 Å². The predicted molar refractivity (Wildman–Crippen MR) is 90.6 cm³/mol. The van der Waals surface area contributed by atoms with Crippen LogP contribution in [0.1, 0.15) is 43.4 Å². The van der Waals surface area contributed by atoms with Crippen LogP contribution in [-0.2, 0) is 6.42 Å². The summed E-state index contributed by atoms with van der Waals surface area (Å²) in [6, 6.07) is 17.7. The minimum Gasteiger partial charge on any atom is -0.399 e. The molecule has 3 rings (SSSR count). The molecule has 1 atom stereocenters. The van der Waals surface area contributed by atoms with Crippen molar-refractivity contribution in [3.63, 3.8) is 0 Å². The van der Waals surface area contributed by atoms with Gasteiger partial charge >= 0.3 is 0 Å². The fourth-order valence-corrected chi connectivity index (χ4v) is 3.35. The van der Waals surface area contributed by atoms with E-state index < -0.39 is 0 Å². The van der Waals surface area contributed by atoms with Crippen molar-refractivity contribution in [2.24, 2.45) is 0 Å². The number of fused-ring (bicyclic) bond motifs is 1. The molecule has 0 spiro atoms. The van der Waals surface area contributed by atoms with Crippen LogP contribution >= 0.6 is 0 Å². The Kier molecular flexibility index (Phi) is 4.14. The van der Waals surface area contributed by atoms with E-state index in [2.05, 4.69) is 54.3 Å². The highest BCUT2D eigenvalue weighted by Crippen LogP contribution is 2.39. The first-order valence-corrected chi connectivity index (χ1v) is 7.99. The molecular formula is C19H24N2. The number of unbranched alkanes of at least 4 members (excludes halogenated alkanes) is 1. The van der Waals surface area contributed by atoms with Gasteiger partial charge in [-0.3, -0.25) is 0 Å². The zero-order valence-corrected chi connectivity index (χ0v) is 12.8. The van der Waals surface area contributed by atoms with Gasteiger partial charge in [0.25, 0.3) is 0 Å². The maximum absolute atomic E-state index is 5.93. The number of nitrogen functional groups attached to an aromatic ring is 1. The molecule has 0 amide bonds. The summed E-state index contributed by atoms with van der Waals surface area (Å²) in [5.41, 5.74) is 11.0. The first-order valence-electron chi connectivity index (χ1n) is 7.99. The first kappa shape index (κ1) is 14.0. The standard InChI is InChI=1S/C19H24N2/c1-2-3-13-21(17-7-5-4-6-8-17)19-12-9-15-14-16(20)10-11-18(15)19/h4-8,10-11,14,19H,2-3,9,12-13,20H2,1H3. The zero-order valence-electron chi connectivity index (χ0n) is 12.8. The van der Waals surface area contributed by atoms with Crippen molar-refractivity contribution in [1.82, 2.24) is 0 Å². The molecule has 0 fully saturated rings. The number of rotatable bonds is 5. The number of nitrogens with zero attached hydrogens (tertiary/aromatic N) is 1. The maximum atomic E-state index is 5.93. The second-order valence-electron chi connectivity index (χ2n) is 5.90. The summed E-state index contributed by atoms with van der Waals surface area (Å²) in [6.07, 6.45) is 4.79. The Balaban J connectivity index is 1.92. The minimum absolute atomic E-state index is 0.495. The van der Waals surface area contributed by atoms with Crippen LogP contribution in [0, 0.1) is 0 Å². The van der Waals surface area contributed by atoms with E-state index in [0.29, 0.717) is 6.04 Å². The molecule has 21 heavy (non-hydrogen) atoms. The van der Waals surface area contributed by atoms with Crippen LogP contribution in [0.5, 0.6) is 0 Å². The number of anilines is 2. The van der Waals surface area contributed by atoms with E-state index in [-0.39, 0.29) is 0 Å². The highest BCUT2D eigenvalue weighted by Gasteiger charge is 2.27. The topological polar surface area (TPSA) is 29.3 Å². The lowest BCUT2D eigenvalue weighted by Crippen LogP contribution is -2.28. The van der Waals surface area contributed by atoms with Gasteiger partial charge in [0.1, 0.15) is 0 Å². The first-order chi connectivity index (χ1) is 10.3. The predicted octanol–water partition coefficient (Wildman–Crippen LogP) is 4.56. The van der Waals surface area contributed by atoms with Gasteiger partial charge in [0.05, 0.1) is 6.04 Å². The molecule has 0 saturated heterocycles. The van der Waals surface area contributed by atoms with Gasteiger partial charge in [-0.15, -0.1) is 0 Å². The Labute approximate surface area is 127 Å². The normalized spacial score (nSPS) is 16.7. The number of hydrogen-bond donors (Lipinski definition) is 1. The van der Waals surface area contributed by atoms with Gasteiger partial charge < -0.3 is 10.6 Å². The van der Waals surface area contributed by atoms with Gasteiger partial charge in [-0.05, 0) is 54.7 Å². The molecule has 0 radical (unpaired) electrons. The second kappa shape index (κ2) is 6.21. The average molecular weight is 280 g/mol. The summed E-state index contributed by atoms with van der Waals surface area (Å²) in [7, 11) is 0. The molecule has 2 aromatic carbocycles. The molecule has 2 nitrogen and oxygen atoms in total. The number of aryl methyl sites for hydroxylation is 1. The molecule has 0 aliphatic heterocycles. The molecule has 2 heteroatoms. The van der Waals surface area contributed by atoms with E-state index in [1.165, 1.54) is 36.1 Å². The van der Waals surface area contributed by atoms with Crippen molar-refractivity contribution in [3.05, 3.63) is 59.7 Å².